The Hall–Kier alpha value is -2.77. The third-order valence-corrected chi connectivity index (χ3v) is 6.85. The molecule has 7 heteroatoms. The Morgan fingerprint density at radius 3 is 2.38 bits per heavy atom. The zero-order chi connectivity index (χ0) is 21.9. The molecule has 2 saturated heterocycles. The minimum Gasteiger partial charge on any atom is -0.508 e. The van der Waals surface area contributed by atoms with Crippen LogP contribution < -0.4 is 9.47 Å². The first-order chi connectivity index (χ1) is 15.7. The van der Waals surface area contributed by atoms with Crippen molar-refractivity contribution >= 4 is 5.91 Å². The average Bonchev–Trinajstić information content (AvgIpc) is 3.29. The van der Waals surface area contributed by atoms with E-state index in [1.54, 1.807) is 6.07 Å². The second-order valence-corrected chi connectivity index (χ2v) is 8.97. The standard InChI is InChI=1S/C25H31N3O4/c29-22-4-2-1-3-21(22)17-26-9-7-20(8-10-26)25(30)28-13-11-27(12-14-28)16-19-5-6-23-24(15-19)32-18-31-23/h1-6,15,20,29H,7-14,16-18H2. The van der Waals surface area contributed by atoms with Crippen molar-refractivity contribution in [3.63, 3.8) is 0 Å². The lowest BCUT2D eigenvalue weighted by molar-refractivity contribution is -0.139. The van der Waals surface area contributed by atoms with Crippen molar-refractivity contribution in [1.29, 1.82) is 0 Å². The van der Waals surface area contributed by atoms with Gasteiger partial charge in [0.05, 0.1) is 0 Å². The highest BCUT2D eigenvalue weighted by atomic mass is 16.7. The van der Waals surface area contributed by atoms with Crippen LogP contribution in [0, 0.1) is 5.92 Å². The number of benzene rings is 2. The van der Waals surface area contributed by atoms with Crippen LogP contribution in [0.3, 0.4) is 0 Å². The van der Waals surface area contributed by atoms with E-state index < -0.39 is 0 Å². The molecule has 1 amide bonds. The largest absolute Gasteiger partial charge is 0.508 e. The Morgan fingerprint density at radius 1 is 0.875 bits per heavy atom. The van der Waals surface area contributed by atoms with Crippen LogP contribution >= 0.6 is 0 Å². The molecule has 32 heavy (non-hydrogen) atoms. The summed E-state index contributed by atoms with van der Waals surface area (Å²) >= 11 is 0. The van der Waals surface area contributed by atoms with Gasteiger partial charge in [-0.05, 0) is 49.7 Å². The number of hydrogen-bond donors (Lipinski definition) is 1. The zero-order valence-corrected chi connectivity index (χ0v) is 18.4. The summed E-state index contributed by atoms with van der Waals surface area (Å²) in [5.74, 6) is 2.43. The molecule has 0 spiro atoms. The summed E-state index contributed by atoms with van der Waals surface area (Å²) in [5, 5.41) is 10.0. The summed E-state index contributed by atoms with van der Waals surface area (Å²) in [6, 6.07) is 13.6. The molecule has 7 nitrogen and oxygen atoms in total. The summed E-state index contributed by atoms with van der Waals surface area (Å²) < 4.78 is 10.9. The lowest BCUT2D eigenvalue weighted by atomic mass is 9.94. The van der Waals surface area contributed by atoms with E-state index in [4.69, 9.17) is 9.47 Å². The molecular formula is C25H31N3O4. The fourth-order valence-electron chi connectivity index (χ4n) is 4.91. The summed E-state index contributed by atoms with van der Waals surface area (Å²) in [7, 11) is 0. The fourth-order valence-corrected chi connectivity index (χ4v) is 4.91. The van der Waals surface area contributed by atoms with Crippen molar-refractivity contribution in [3.8, 4) is 17.2 Å². The SMILES string of the molecule is O=C(C1CCN(Cc2ccccc2O)CC1)N1CCN(Cc2ccc3c(c2)OCO3)CC1. The predicted octanol–water partition coefficient (Wildman–Crippen LogP) is 2.68. The van der Waals surface area contributed by atoms with Gasteiger partial charge in [0.15, 0.2) is 11.5 Å². The predicted molar refractivity (Wildman–Crippen MR) is 121 cm³/mol. The van der Waals surface area contributed by atoms with Gasteiger partial charge in [0.25, 0.3) is 0 Å². The molecule has 5 rings (SSSR count). The smallest absolute Gasteiger partial charge is 0.231 e. The molecule has 0 unspecified atom stereocenters. The van der Waals surface area contributed by atoms with Gasteiger partial charge >= 0.3 is 0 Å². The highest BCUT2D eigenvalue weighted by molar-refractivity contribution is 5.79. The first kappa shape index (κ1) is 21.1. The van der Waals surface area contributed by atoms with Crippen LogP contribution in [0.4, 0.5) is 0 Å². The maximum Gasteiger partial charge on any atom is 0.231 e. The van der Waals surface area contributed by atoms with Crippen LogP contribution in [0.1, 0.15) is 24.0 Å². The number of carbonyl (C=O) groups is 1. The van der Waals surface area contributed by atoms with Crippen LogP contribution in [0.5, 0.6) is 17.2 Å². The number of piperazine rings is 1. The Balaban J connectivity index is 1.07. The van der Waals surface area contributed by atoms with Crippen molar-refractivity contribution in [3.05, 3.63) is 53.6 Å². The Bertz CT molecular complexity index is 950. The van der Waals surface area contributed by atoms with Crippen LogP contribution in [-0.2, 0) is 17.9 Å². The number of carbonyl (C=O) groups excluding carboxylic acids is 1. The molecule has 0 aliphatic carbocycles. The van der Waals surface area contributed by atoms with E-state index in [1.165, 1.54) is 5.56 Å². The van der Waals surface area contributed by atoms with Crippen molar-refractivity contribution in [2.45, 2.75) is 25.9 Å². The Kier molecular flexibility index (Phi) is 6.19. The molecule has 2 aromatic rings. The molecule has 170 valence electrons. The molecule has 0 saturated carbocycles. The number of fused-ring (bicyclic) bond motifs is 1. The van der Waals surface area contributed by atoms with E-state index in [1.807, 2.05) is 24.3 Å². The second kappa shape index (κ2) is 9.38. The summed E-state index contributed by atoms with van der Waals surface area (Å²) in [5.41, 5.74) is 2.17. The number of piperidine rings is 1. The number of likely N-dealkylation sites (tertiary alicyclic amines) is 1. The van der Waals surface area contributed by atoms with Crippen molar-refractivity contribution in [2.24, 2.45) is 5.92 Å². The van der Waals surface area contributed by atoms with Crippen LogP contribution in [0.15, 0.2) is 42.5 Å². The van der Waals surface area contributed by atoms with Crippen LogP contribution in [-0.4, -0.2) is 71.8 Å². The van der Waals surface area contributed by atoms with Crippen LogP contribution in [0.2, 0.25) is 0 Å². The summed E-state index contributed by atoms with van der Waals surface area (Å²) in [6.45, 7) is 7.08. The molecule has 2 fully saturated rings. The number of rotatable bonds is 5. The number of ether oxygens (including phenoxy) is 2. The number of aromatic hydroxyl groups is 1. The highest BCUT2D eigenvalue weighted by Crippen LogP contribution is 2.33. The van der Waals surface area contributed by atoms with Gasteiger partial charge in [0, 0.05) is 50.7 Å². The fraction of sp³-hybridized carbons (Fsp3) is 0.480. The van der Waals surface area contributed by atoms with Gasteiger partial charge in [0.2, 0.25) is 12.7 Å². The lowest BCUT2D eigenvalue weighted by Crippen LogP contribution is -2.51. The number of amides is 1. The lowest BCUT2D eigenvalue weighted by Gasteiger charge is -2.38. The molecule has 3 aliphatic heterocycles. The Labute approximate surface area is 189 Å². The monoisotopic (exact) mass is 437 g/mol. The maximum absolute atomic E-state index is 13.1. The third kappa shape index (κ3) is 4.69. The molecule has 2 aromatic carbocycles. The average molecular weight is 438 g/mol. The van der Waals surface area contributed by atoms with Gasteiger partial charge in [-0.2, -0.15) is 0 Å². The highest BCUT2D eigenvalue weighted by Gasteiger charge is 2.30. The normalized spacial score (nSPS) is 19.9. The molecule has 0 atom stereocenters. The number of hydrogen-bond acceptors (Lipinski definition) is 6. The van der Waals surface area contributed by atoms with E-state index in [0.717, 1.165) is 82.3 Å². The van der Waals surface area contributed by atoms with Gasteiger partial charge < -0.3 is 19.5 Å². The van der Waals surface area contributed by atoms with E-state index in [2.05, 4.69) is 26.8 Å². The summed E-state index contributed by atoms with van der Waals surface area (Å²) in [6.07, 6.45) is 1.79. The van der Waals surface area contributed by atoms with E-state index in [0.29, 0.717) is 18.4 Å². The van der Waals surface area contributed by atoms with Gasteiger partial charge in [-0.15, -0.1) is 0 Å². The Morgan fingerprint density at radius 2 is 1.59 bits per heavy atom. The second-order valence-electron chi connectivity index (χ2n) is 8.97. The molecule has 0 bridgehead atoms. The van der Waals surface area contributed by atoms with Gasteiger partial charge in [-0.25, -0.2) is 0 Å². The number of phenolic OH excluding ortho intramolecular Hbond substituents is 1. The van der Waals surface area contributed by atoms with Crippen molar-refractivity contribution in [1.82, 2.24) is 14.7 Å². The van der Waals surface area contributed by atoms with Gasteiger partial charge in [0.1, 0.15) is 5.75 Å². The number of nitrogens with zero attached hydrogens (tertiary/aromatic N) is 3. The molecule has 0 aromatic heterocycles. The molecule has 3 aliphatic rings. The van der Waals surface area contributed by atoms with Crippen molar-refractivity contribution in [2.75, 3.05) is 46.1 Å². The van der Waals surface area contributed by atoms with E-state index in [-0.39, 0.29) is 5.92 Å². The molecular weight excluding hydrogens is 406 g/mol. The zero-order valence-electron chi connectivity index (χ0n) is 18.4. The molecule has 0 radical (unpaired) electrons. The first-order valence-corrected chi connectivity index (χ1v) is 11.5. The van der Waals surface area contributed by atoms with E-state index in [9.17, 15) is 9.90 Å². The first-order valence-electron chi connectivity index (χ1n) is 11.5. The van der Waals surface area contributed by atoms with Gasteiger partial charge in [-0.3, -0.25) is 14.6 Å². The molecule has 3 heterocycles. The molecule has 1 N–H and O–H groups in total. The third-order valence-electron chi connectivity index (χ3n) is 6.85. The van der Waals surface area contributed by atoms with Gasteiger partial charge in [-0.1, -0.05) is 24.3 Å². The maximum atomic E-state index is 13.1. The van der Waals surface area contributed by atoms with Crippen LogP contribution in [0.25, 0.3) is 0 Å². The summed E-state index contributed by atoms with van der Waals surface area (Å²) in [4.78, 5) is 19.9. The quantitative estimate of drug-likeness (QED) is 0.776. The number of para-hydroxylation sites is 1. The van der Waals surface area contributed by atoms with E-state index >= 15 is 0 Å². The minimum absolute atomic E-state index is 0.121. The number of phenols is 1. The van der Waals surface area contributed by atoms with Crippen molar-refractivity contribution < 1.29 is 19.4 Å². The topological polar surface area (TPSA) is 65.5 Å². The minimum atomic E-state index is 0.121.